The van der Waals surface area contributed by atoms with E-state index in [0.29, 0.717) is 5.82 Å². The summed E-state index contributed by atoms with van der Waals surface area (Å²) in [7, 11) is 0. The molecule has 0 N–H and O–H groups in total. The number of hydrogen-bond acceptors (Lipinski definition) is 5. The molecular formula is C36H22N4S. The quantitative estimate of drug-likeness (QED) is 0.222. The maximum atomic E-state index is 5.14. The summed E-state index contributed by atoms with van der Waals surface area (Å²) in [4.78, 5) is 20.9. The molecule has 0 spiro atoms. The number of aromatic nitrogens is 4. The zero-order valence-corrected chi connectivity index (χ0v) is 22.7. The summed E-state index contributed by atoms with van der Waals surface area (Å²) >= 11 is 1.65. The van der Waals surface area contributed by atoms with E-state index in [1.807, 2.05) is 48.7 Å². The summed E-state index contributed by atoms with van der Waals surface area (Å²) in [6, 6.07) is 43.6. The van der Waals surface area contributed by atoms with Gasteiger partial charge in [0.1, 0.15) is 4.83 Å². The number of benzene rings is 4. The number of thiophene rings is 1. The summed E-state index contributed by atoms with van der Waals surface area (Å²) in [5.41, 5.74) is 9.08. The van der Waals surface area contributed by atoms with Crippen molar-refractivity contribution in [2.45, 2.75) is 0 Å². The molecule has 0 unspecified atom stereocenters. The highest BCUT2D eigenvalue weighted by atomic mass is 32.1. The van der Waals surface area contributed by atoms with Crippen molar-refractivity contribution < 1.29 is 0 Å². The molecule has 41 heavy (non-hydrogen) atoms. The minimum Gasteiger partial charge on any atom is -0.248 e. The predicted molar refractivity (Wildman–Crippen MR) is 170 cm³/mol. The van der Waals surface area contributed by atoms with Gasteiger partial charge in [0.05, 0.1) is 27.1 Å². The molecule has 0 saturated heterocycles. The van der Waals surface area contributed by atoms with Crippen LogP contribution in [0.5, 0.6) is 0 Å². The largest absolute Gasteiger partial charge is 0.248 e. The van der Waals surface area contributed by atoms with Crippen molar-refractivity contribution in [3.63, 3.8) is 0 Å². The molecule has 0 aliphatic heterocycles. The first-order valence-corrected chi connectivity index (χ1v) is 14.3. The predicted octanol–water partition coefficient (Wildman–Crippen LogP) is 9.46. The summed E-state index contributed by atoms with van der Waals surface area (Å²) in [6.07, 6.45) is 1.95. The van der Waals surface area contributed by atoms with Gasteiger partial charge in [0.25, 0.3) is 0 Å². The molecule has 4 aromatic heterocycles. The minimum atomic E-state index is 0.694. The van der Waals surface area contributed by atoms with Crippen molar-refractivity contribution in [3.05, 3.63) is 134 Å². The van der Waals surface area contributed by atoms with Gasteiger partial charge in [-0.15, -0.1) is 11.3 Å². The Labute approximate surface area is 240 Å². The van der Waals surface area contributed by atoms with E-state index in [1.165, 1.54) is 0 Å². The molecule has 0 aliphatic rings. The molecule has 0 saturated carbocycles. The van der Waals surface area contributed by atoms with Gasteiger partial charge in [0.15, 0.2) is 5.82 Å². The van der Waals surface area contributed by atoms with Crippen LogP contribution in [0.25, 0.3) is 76.4 Å². The lowest BCUT2D eigenvalue weighted by atomic mass is 10.1. The number of para-hydroxylation sites is 1. The summed E-state index contributed by atoms with van der Waals surface area (Å²) in [6.45, 7) is 0. The van der Waals surface area contributed by atoms with Crippen molar-refractivity contribution in [2.75, 3.05) is 0 Å². The average Bonchev–Trinajstić information content (AvgIpc) is 3.43. The minimum absolute atomic E-state index is 0.694. The summed E-state index contributed by atoms with van der Waals surface area (Å²) in [5, 5.41) is 2.18. The monoisotopic (exact) mass is 542 g/mol. The number of nitrogens with zero attached hydrogens (tertiary/aromatic N) is 4. The Balaban J connectivity index is 1.28. The first kappa shape index (κ1) is 23.6. The first-order chi connectivity index (χ1) is 20.3. The number of hydrogen-bond donors (Lipinski definition) is 0. The third-order valence-electron chi connectivity index (χ3n) is 7.36. The molecule has 5 heteroatoms. The van der Waals surface area contributed by atoms with E-state index in [9.17, 15) is 0 Å². The van der Waals surface area contributed by atoms with Crippen molar-refractivity contribution in [1.29, 1.82) is 0 Å². The number of pyridine rings is 2. The zero-order valence-electron chi connectivity index (χ0n) is 21.9. The lowest BCUT2D eigenvalue weighted by Gasteiger charge is -2.08. The van der Waals surface area contributed by atoms with Gasteiger partial charge < -0.3 is 0 Å². The van der Waals surface area contributed by atoms with Crippen LogP contribution >= 0.6 is 11.3 Å². The fraction of sp³-hybridized carbons (Fsp3) is 0. The fourth-order valence-electron chi connectivity index (χ4n) is 5.26. The maximum absolute atomic E-state index is 5.14. The third-order valence-corrected chi connectivity index (χ3v) is 8.47. The normalized spacial score (nSPS) is 11.4. The van der Waals surface area contributed by atoms with E-state index in [4.69, 9.17) is 19.9 Å². The second-order valence-electron chi connectivity index (χ2n) is 9.95. The van der Waals surface area contributed by atoms with Gasteiger partial charge in [-0.05, 0) is 23.8 Å². The molecule has 0 fully saturated rings. The van der Waals surface area contributed by atoms with Crippen molar-refractivity contribution in [3.8, 4) is 45.0 Å². The van der Waals surface area contributed by atoms with Gasteiger partial charge in [-0.2, -0.15) is 0 Å². The average molecular weight is 543 g/mol. The molecule has 8 rings (SSSR count). The SMILES string of the molecule is c1ccc(-c2cnc3sc4c(-c5ccccc5)nc(-c5ccc(-c6ccc7ccccc7n6)cc5)nc4c3c2)cc1. The van der Waals surface area contributed by atoms with Gasteiger partial charge in [0, 0.05) is 39.2 Å². The Kier molecular flexibility index (Phi) is 5.61. The molecule has 0 atom stereocenters. The van der Waals surface area contributed by atoms with Crippen LogP contribution in [0.2, 0.25) is 0 Å². The second kappa shape index (κ2) is 9.73. The summed E-state index contributed by atoms with van der Waals surface area (Å²) in [5.74, 6) is 0.694. The topological polar surface area (TPSA) is 51.6 Å². The van der Waals surface area contributed by atoms with Gasteiger partial charge in [-0.3, -0.25) is 0 Å². The van der Waals surface area contributed by atoms with E-state index >= 15 is 0 Å². The van der Waals surface area contributed by atoms with Crippen LogP contribution in [0.15, 0.2) is 134 Å². The van der Waals surface area contributed by atoms with Crippen LogP contribution < -0.4 is 0 Å². The van der Waals surface area contributed by atoms with E-state index in [0.717, 1.165) is 70.5 Å². The van der Waals surface area contributed by atoms with Gasteiger partial charge in [-0.25, -0.2) is 19.9 Å². The molecule has 4 heterocycles. The smallest absolute Gasteiger partial charge is 0.160 e. The van der Waals surface area contributed by atoms with Crippen molar-refractivity contribution in [1.82, 2.24) is 19.9 Å². The molecule has 4 nitrogen and oxygen atoms in total. The third kappa shape index (κ3) is 4.24. The highest BCUT2D eigenvalue weighted by Gasteiger charge is 2.18. The van der Waals surface area contributed by atoms with Crippen LogP contribution in [0.1, 0.15) is 0 Å². The lowest BCUT2D eigenvalue weighted by molar-refractivity contribution is 1.24. The maximum Gasteiger partial charge on any atom is 0.160 e. The van der Waals surface area contributed by atoms with Gasteiger partial charge >= 0.3 is 0 Å². The highest BCUT2D eigenvalue weighted by molar-refractivity contribution is 7.25. The molecule has 0 aliphatic carbocycles. The van der Waals surface area contributed by atoms with Gasteiger partial charge in [-0.1, -0.05) is 109 Å². The standard InChI is InChI=1S/C36H22N4S/c1-3-9-23(10-4-1)28-21-29-33-34(41-36(29)37-22-28)32(26-12-5-2-6-13-26)39-35(40-33)27-17-15-25(16-18-27)31-20-19-24-11-7-8-14-30(24)38-31/h1-22H. The second-order valence-corrected chi connectivity index (χ2v) is 10.9. The van der Waals surface area contributed by atoms with Crippen LogP contribution in [0, 0.1) is 0 Å². The highest BCUT2D eigenvalue weighted by Crippen LogP contribution is 2.40. The van der Waals surface area contributed by atoms with Crippen LogP contribution in [-0.2, 0) is 0 Å². The van der Waals surface area contributed by atoms with E-state index in [1.54, 1.807) is 11.3 Å². The zero-order chi connectivity index (χ0) is 27.2. The Morgan fingerprint density at radius 1 is 0.512 bits per heavy atom. The molecule has 0 bridgehead atoms. The molecule has 192 valence electrons. The Morgan fingerprint density at radius 2 is 1.22 bits per heavy atom. The number of rotatable bonds is 4. The molecule has 8 aromatic rings. The van der Waals surface area contributed by atoms with E-state index < -0.39 is 0 Å². The molecule has 4 aromatic carbocycles. The van der Waals surface area contributed by atoms with E-state index in [2.05, 4.69) is 84.9 Å². The lowest BCUT2D eigenvalue weighted by Crippen LogP contribution is -1.94. The van der Waals surface area contributed by atoms with Crippen LogP contribution in [0.3, 0.4) is 0 Å². The van der Waals surface area contributed by atoms with Gasteiger partial charge in [0.2, 0.25) is 0 Å². The van der Waals surface area contributed by atoms with Crippen molar-refractivity contribution in [2.24, 2.45) is 0 Å². The summed E-state index contributed by atoms with van der Waals surface area (Å²) < 4.78 is 1.05. The molecule has 0 radical (unpaired) electrons. The van der Waals surface area contributed by atoms with Crippen LogP contribution in [-0.4, -0.2) is 19.9 Å². The Hall–Kier alpha value is -5.26. The molecule has 0 amide bonds. The number of fused-ring (bicyclic) bond motifs is 4. The molecular weight excluding hydrogens is 520 g/mol. The first-order valence-electron chi connectivity index (χ1n) is 13.5. The fourth-order valence-corrected chi connectivity index (χ4v) is 6.33. The Morgan fingerprint density at radius 3 is 2.02 bits per heavy atom. The van der Waals surface area contributed by atoms with E-state index in [-0.39, 0.29) is 0 Å². The van der Waals surface area contributed by atoms with Crippen molar-refractivity contribution >= 4 is 42.7 Å². The van der Waals surface area contributed by atoms with Crippen LogP contribution in [0.4, 0.5) is 0 Å². The Bertz CT molecular complexity index is 2190.